The molecule has 1 rings (SSSR count). The highest BCUT2D eigenvalue weighted by Crippen LogP contribution is 2.33. The van der Waals surface area contributed by atoms with Gasteiger partial charge in [-0.25, -0.2) is 4.79 Å². The molecule has 1 unspecified atom stereocenters. The molecule has 0 amide bonds. The third-order valence-electron chi connectivity index (χ3n) is 3.66. The molecule has 3 nitrogen and oxygen atoms in total. The van der Waals surface area contributed by atoms with Gasteiger partial charge in [-0.15, -0.1) is 0 Å². The second kappa shape index (κ2) is 5.14. The van der Waals surface area contributed by atoms with Crippen LogP contribution in [0.25, 0.3) is 0 Å². The molecule has 1 aromatic rings. The lowest BCUT2D eigenvalue weighted by Crippen LogP contribution is -2.41. The van der Waals surface area contributed by atoms with Gasteiger partial charge >= 0.3 is 5.97 Å². The number of nitrogens with zero attached hydrogens (tertiary/aromatic N) is 1. The molecule has 0 heterocycles. The Balaban J connectivity index is 3.28. The number of anilines is 1. The zero-order valence-corrected chi connectivity index (χ0v) is 13.3. The molecule has 4 heteroatoms. The molecule has 1 N–H and O–H groups in total. The van der Waals surface area contributed by atoms with Gasteiger partial charge in [0.2, 0.25) is 0 Å². The van der Waals surface area contributed by atoms with Crippen LogP contribution in [-0.2, 0) is 0 Å². The van der Waals surface area contributed by atoms with E-state index < -0.39 is 14.9 Å². The van der Waals surface area contributed by atoms with Crippen molar-refractivity contribution < 1.29 is 9.90 Å². The number of carboxylic acid groups (broad SMARTS) is 1. The number of hydrogen-bond donors (Lipinski definition) is 1. The summed E-state index contributed by atoms with van der Waals surface area (Å²) in [6.07, 6.45) is 0. The maximum atomic E-state index is 11.3. The smallest absolute Gasteiger partial charge is 0.337 e. The number of para-hydroxylation sites is 1. The van der Waals surface area contributed by atoms with Crippen LogP contribution in [-0.4, -0.2) is 27.1 Å². The summed E-state index contributed by atoms with van der Waals surface area (Å²) >= 11 is 0. The molecule has 0 spiro atoms. The first-order valence-electron chi connectivity index (χ1n) is 6.22. The molecule has 1 aromatic carbocycles. The van der Waals surface area contributed by atoms with Crippen molar-refractivity contribution in [2.24, 2.45) is 0 Å². The summed E-state index contributed by atoms with van der Waals surface area (Å²) in [5.41, 5.74) is 2.31. The van der Waals surface area contributed by atoms with Crippen LogP contribution in [0.15, 0.2) is 18.2 Å². The van der Waals surface area contributed by atoms with Crippen LogP contribution in [0.3, 0.4) is 0 Å². The lowest BCUT2D eigenvalue weighted by molar-refractivity contribution is 0.0697. The fraction of sp³-hybridized carbons (Fsp3) is 0.500. The van der Waals surface area contributed by atoms with E-state index in [1.807, 2.05) is 20.0 Å². The highest BCUT2D eigenvalue weighted by Gasteiger charge is 2.28. The second-order valence-corrected chi connectivity index (χ2v) is 9.79. The highest BCUT2D eigenvalue weighted by atomic mass is 28.3. The predicted molar refractivity (Wildman–Crippen MR) is 79.3 cm³/mol. The van der Waals surface area contributed by atoms with E-state index in [1.165, 1.54) is 0 Å². The summed E-state index contributed by atoms with van der Waals surface area (Å²) in [6, 6.07) is 5.46. The molecule has 0 saturated carbocycles. The van der Waals surface area contributed by atoms with Gasteiger partial charge in [0.05, 0.1) is 5.56 Å². The summed E-state index contributed by atoms with van der Waals surface area (Å²) < 4.78 is 2.21. The lowest BCUT2D eigenvalue weighted by Gasteiger charge is -2.37. The number of hydrogen-bond acceptors (Lipinski definition) is 2. The van der Waals surface area contributed by atoms with Crippen molar-refractivity contribution in [1.29, 1.82) is 0 Å². The largest absolute Gasteiger partial charge is 0.478 e. The molecule has 100 valence electrons. The van der Waals surface area contributed by atoms with Crippen LogP contribution in [0.2, 0.25) is 11.6 Å². The molecule has 0 aliphatic heterocycles. The number of carbonyl (C=O) groups is 1. The molecule has 0 bridgehead atoms. The summed E-state index contributed by atoms with van der Waals surface area (Å²) in [4.78, 5) is 11.3. The molecule has 0 fully saturated rings. The van der Waals surface area contributed by atoms with Gasteiger partial charge in [-0.3, -0.25) is 0 Å². The first-order chi connectivity index (χ1) is 8.16. The Morgan fingerprint density at radius 3 is 2.33 bits per heavy atom. The van der Waals surface area contributed by atoms with Gasteiger partial charge in [0.1, 0.15) is 8.96 Å². The van der Waals surface area contributed by atoms with E-state index in [0.717, 1.165) is 11.3 Å². The van der Waals surface area contributed by atoms with Crippen LogP contribution in [0, 0.1) is 6.92 Å². The van der Waals surface area contributed by atoms with E-state index in [2.05, 4.69) is 31.9 Å². The minimum atomic E-state index is -1.24. The molecule has 0 aromatic heterocycles. The van der Waals surface area contributed by atoms with Crippen LogP contribution in [0.4, 0.5) is 5.69 Å². The van der Waals surface area contributed by atoms with Crippen LogP contribution in [0.5, 0.6) is 0 Å². The van der Waals surface area contributed by atoms with E-state index in [4.69, 9.17) is 0 Å². The summed E-state index contributed by atoms with van der Waals surface area (Å²) in [7, 11) is 0.786. The van der Waals surface area contributed by atoms with E-state index >= 15 is 0 Å². The first-order valence-corrected chi connectivity index (χ1v) is 8.47. The lowest BCUT2D eigenvalue weighted by atomic mass is 10.1. The van der Waals surface area contributed by atoms with Crippen LogP contribution in [0.1, 0.15) is 36.7 Å². The van der Waals surface area contributed by atoms with E-state index in [-0.39, 0.29) is 5.04 Å². The Bertz CT molecular complexity index is 452. The Morgan fingerprint density at radius 1 is 1.33 bits per heavy atom. The maximum Gasteiger partial charge on any atom is 0.337 e. The van der Waals surface area contributed by atoms with E-state index in [1.54, 1.807) is 12.1 Å². The molecule has 0 aliphatic carbocycles. The molecule has 0 saturated heterocycles. The molecule has 18 heavy (non-hydrogen) atoms. The SMILES string of the molecule is Cc1cccc(C(=O)O)c1N(C)[SiH](C)C(C)(C)C. The quantitative estimate of drug-likeness (QED) is 0.853. The van der Waals surface area contributed by atoms with E-state index in [0.29, 0.717) is 5.56 Å². The van der Waals surface area contributed by atoms with Crippen LogP contribution >= 0.6 is 0 Å². The molecule has 0 radical (unpaired) electrons. The minimum Gasteiger partial charge on any atom is -0.478 e. The fourth-order valence-corrected chi connectivity index (χ4v) is 3.97. The van der Waals surface area contributed by atoms with Crippen molar-refractivity contribution in [2.45, 2.75) is 39.3 Å². The topological polar surface area (TPSA) is 40.5 Å². The Morgan fingerprint density at radius 2 is 1.89 bits per heavy atom. The Kier molecular flexibility index (Phi) is 4.22. The average molecular weight is 265 g/mol. The van der Waals surface area contributed by atoms with Gasteiger partial charge in [-0.2, -0.15) is 0 Å². The van der Waals surface area contributed by atoms with Crippen LogP contribution < -0.4 is 4.57 Å². The maximum absolute atomic E-state index is 11.3. The van der Waals surface area contributed by atoms with Crippen molar-refractivity contribution in [2.75, 3.05) is 11.6 Å². The van der Waals surface area contributed by atoms with E-state index in [9.17, 15) is 9.90 Å². The predicted octanol–water partition coefficient (Wildman–Crippen LogP) is 3.28. The van der Waals surface area contributed by atoms with Gasteiger partial charge in [0, 0.05) is 5.69 Å². The molecule has 1 atom stereocenters. The summed E-state index contributed by atoms with van der Waals surface area (Å²) in [5, 5.41) is 9.54. The van der Waals surface area contributed by atoms with Crippen molar-refractivity contribution >= 4 is 20.6 Å². The highest BCUT2D eigenvalue weighted by molar-refractivity contribution is 6.65. The normalized spacial score (nSPS) is 13.2. The Hall–Kier alpha value is -1.29. The van der Waals surface area contributed by atoms with Crippen molar-refractivity contribution in [1.82, 2.24) is 0 Å². The molecular weight excluding hydrogens is 242 g/mol. The number of aromatic carboxylic acids is 1. The number of benzene rings is 1. The number of rotatable bonds is 3. The Labute approximate surface area is 111 Å². The van der Waals surface area contributed by atoms with Crippen molar-refractivity contribution in [3.05, 3.63) is 29.3 Å². The standard InChI is InChI=1S/C14H23NO2Si/c1-10-8-7-9-11(13(16)17)12(10)15(5)18(6)14(2,3)4/h7-9,18H,1-6H3,(H,16,17). The molecule has 0 aliphatic rings. The van der Waals surface area contributed by atoms with Gasteiger partial charge in [-0.1, -0.05) is 39.5 Å². The second-order valence-electron chi connectivity index (χ2n) is 5.93. The number of aryl methyl sites for hydroxylation is 1. The first kappa shape index (κ1) is 14.8. The molecular formula is C14H23NO2Si. The van der Waals surface area contributed by atoms with Gasteiger partial charge < -0.3 is 9.67 Å². The monoisotopic (exact) mass is 265 g/mol. The average Bonchev–Trinajstić information content (AvgIpc) is 2.25. The summed E-state index contributed by atoms with van der Waals surface area (Å²) in [5.74, 6) is -0.851. The minimum absolute atomic E-state index is 0.229. The number of carboxylic acids is 1. The van der Waals surface area contributed by atoms with Gasteiger partial charge in [-0.05, 0) is 30.6 Å². The zero-order chi connectivity index (χ0) is 14.1. The third kappa shape index (κ3) is 2.93. The van der Waals surface area contributed by atoms with Crippen molar-refractivity contribution in [3.8, 4) is 0 Å². The van der Waals surface area contributed by atoms with Crippen molar-refractivity contribution in [3.63, 3.8) is 0 Å². The van der Waals surface area contributed by atoms with Gasteiger partial charge in [0.15, 0.2) is 0 Å². The van der Waals surface area contributed by atoms with Gasteiger partial charge in [0.25, 0.3) is 0 Å². The third-order valence-corrected chi connectivity index (χ3v) is 7.58. The summed E-state index contributed by atoms with van der Waals surface area (Å²) in [6.45, 7) is 10.9. The fourth-order valence-electron chi connectivity index (χ4n) is 2.07. The zero-order valence-electron chi connectivity index (χ0n) is 12.1.